The van der Waals surface area contributed by atoms with Gasteiger partial charge in [-0.3, -0.25) is 0 Å². The molecule has 0 spiro atoms. The van der Waals surface area contributed by atoms with Crippen LogP contribution in [0.3, 0.4) is 0 Å². The van der Waals surface area contributed by atoms with Gasteiger partial charge < -0.3 is 10.1 Å². The van der Waals surface area contributed by atoms with Crippen LogP contribution < -0.4 is 10.1 Å². The third kappa shape index (κ3) is 3.41. The zero-order valence-corrected chi connectivity index (χ0v) is 12.0. The second-order valence-electron chi connectivity index (χ2n) is 4.13. The minimum atomic E-state index is 0.471. The van der Waals surface area contributed by atoms with E-state index in [1.807, 2.05) is 6.07 Å². The largest absolute Gasteiger partial charge is 0.495 e. The Morgan fingerprint density at radius 2 is 2.12 bits per heavy atom. The van der Waals surface area contributed by atoms with E-state index >= 15 is 0 Å². The Balaban J connectivity index is 2.93. The molecule has 0 saturated carbocycles. The van der Waals surface area contributed by atoms with Crippen LogP contribution in [0.1, 0.15) is 32.3 Å². The topological polar surface area (TPSA) is 21.3 Å². The molecule has 2 nitrogen and oxygen atoms in total. The Hall–Kier alpha value is -0.700. The third-order valence-corrected chi connectivity index (χ3v) is 3.05. The van der Waals surface area contributed by atoms with Crippen LogP contribution in [0, 0.1) is 6.92 Å². The van der Waals surface area contributed by atoms with E-state index in [4.69, 9.17) is 4.74 Å². The first-order chi connectivity index (χ1) is 7.58. The molecule has 16 heavy (non-hydrogen) atoms. The minimum absolute atomic E-state index is 0.471. The number of hydrogen-bond acceptors (Lipinski definition) is 2. The van der Waals surface area contributed by atoms with Crippen LogP contribution in [0.25, 0.3) is 0 Å². The molecule has 90 valence electrons. The Morgan fingerprint density at radius 3 is 2.69 bits per heavy atom. The molecule has 0 aliphatic heterocycles. The van der Waals surface area contributed by atoms with Crippen molar-refractivity contribution in [1.82, 2.24) is 0 Å². The third-order valence-electron chi connectivity index (χ3n) is 2.60. The number of nitrogens with one attached hydrogen (secondary N) is 1. The van der Waals surface area contributed by atoms with Crippen LogP contribution >= 0.6 is 15.9 Å². The summed E-state index contributed by atoms with van der Waals surface area (Å²) >= 11 is 3.48. The lowest BCUT2D eigenvalue weighted by molar-refractivity contribution is 0.415. The smallest absolute Gasteiger partial charge is 0.143 e. The number of anilines is 1. The molecular formula is C13H20BrNO. The number of methoxy groups -OCH3 is 1. The predicted molar refractivity (Wildman–Crippen MR) is 73.4 cm³/mol. The average molecular weight is 286 g/mol. The van der Waals surface area contributed by atoms with Gasteiger partial charge in [0.1, 0.15) is 5.75 Å². The molecule has 0 radical (unpaired) electrons. The Bertz CT molecular complexity index is 352. The average Bonchev–Trinajstić information content (AvgIpc) is 2.22. The number of benzene rings is 1. The summed E-state index contributed by atoms with van der Waals surface area (Å²) in [5.41, 5.74) is 2.31. The van der Waals surface area contributed by atoms with Gasteiger partial charge in [-0.05, 0) is 38.0 Å². The van der Waals surface area contributed by atoms with Crippen LogP contribution in [0.4, 0.5) is 5.69 Å². The fraction of sp³-hybridized carbons (Fsp3) is 0.538. The van der Waals surface area contributed by atoms with Gasteiger partial charge in [-0.25, -0.2) is 0 Å². The van der Waals surface area contributed by atoms with Crippen molar-refractivity contribution >= 4 is 21.6 Å². The zero-order valence-electron chi connectivity index (χ0n) is 10.4. The van der Waals surface area contributed by atoms with E-state index in [2.05, 4.69) is 48.1 Å². The fourth-order valence-electron chi connectivity index (χ4n) is 1.81. The maximum atomic E-state index is 5.39. The monoisotopic (exact) mass is 285 g/mol. The molecule has 1 unspecified atom stereocenters. The van der Waals surface area contributed by atoms with E-state index in [0.717, 1.165) is 15.9 Å². The van der Waals surface area contributed by atoms with E-state index in [0.29, 0.717) is 6.04 Å². The van der Waals surface area contributed by atoms with Crippen molar-refractivity contribution in [3.8, 4) is 5.75 Å². The summed E-state index contributed by atoms with van der Waals surface area (Å²) in [6.45, 7) is 6.49. The van der Waals surface area contributed by atoms with Crippen LogP contribution in [-0.4, -0.2) is 13.2 Å². The van der Waals surface area contributed by atoms with Crippen molar-refractivity contribution in [2.75, 3.05) is 12.4 Å². The lowest BCUT2D eigenvalue weighted by Gasteiger charge is -2.19. The van der Waals surface area contributed by atoms with E-state index in [1.54, 1.807) is 7.11 Å². The summed E-state index contributed by atoms with van der Waals surface area (Å²) in [6.07, 6.45) is 2.35. The molecule has 0 heterocycles. The highest BCUT2D eigenvalue weighted by molar-refractivity contribution is 9.10. The van der Waals surface area contributed by atoms with Gasteiger partial charge in [0.15, 0.2) is 0 Å². The molecule has 3 heteroatoms. The van der Waals surface area contributed by atoms with Gasteiger partial charge in [0, 0.05) is 10.5 Å². The minimum Gasteiger partial charge on any atom is -0.495 e. The normalized spacial score (nSPS) is 12.3. The van der Waals surface area contributed by atoms with Crippen LogP contribution in [-0.2, 0) is 0 Å². The maximum Gasteiger partial charge on any atom is 0.143 e. The second kappa shape index (κ2) is 6.14. The van der Waals surface area contributed by atoms with Crippen LogP contribution in [0.15, 0.2) is 16.6 Å². The number of hydrogen-bond donors (Lipinski definition) is 1. The van der Waals surface area contributed by atoms with Gasteiger partial charge in [-0.2, -0.15) is 0 Å². The Labute approximate surface area is 107 Å². The first-order valence-corrected chi connectivity index (χ1v) is 6.48. The first-order valence-electron chi connectivity index (χ1n) is 5.69. The number of halogens is 1. The molecule has 1 aromatic rings. The Morgan fingerprint density at radius 1 is 1.44 bits per heavy atom. The zero-order chi connectivity index (χ0) is 12.1. The molecule has 0 aromatic heterocycles. The van der Waals surface area contributed by atoms with Gasteiger partial charge in [-0.1, -0.05) is 29.3 Å². The van der Waals surface area contributed by atoms with E-state index < -0.39 is 0 Å². The lowest BCUT2D eigenvalue weighted by atomic mass is 10.1. The number of rotatable bonds is 5. The molecule has 0 aliphatic carbocycles. The molecule has 1 rings (SSSR count). The summed E-state index contributed by atoms with van der Waals surface area (Å²) in [4.78, 5) is 0. The number of aryl methyl sites for hydroxylation is 1. The highest BCUT2D eigenvalue weighted by Crippen LogP contribution is 2.32. The highest BCUT2D eigenvalue weighted by atomic mass is 79.9. The quantitative estimate of drug-likeness (QED) is 0.868. The molecule has 0 aliphatic rings. The molecule has 1 atom stereocenters. The van der Waals surface area contributed by atoms with Gasteiger partial charge in [-0.15, -0.1) is 0 Å². The molecule has 0 bridgehead atoms. The summed E-state index contributed by atoms with van der Waals surface area (Å²) in [5, 5.41) is 3.51. The van der Waals surface area contributed by atoms with E-state index in [-0.39, 0.29) is 0 Å². The molecule has 1 N–H and O–H groups in total. The van der Waals surface area contributed by atoms with E-state index in [1.165, 1.54) is 18.4 Å². The van der Waals surface area contributed by atoms with Crippen LogP contribution in [0.5, 0.6) is 5.75 Å². The van der Waals surface area contributed by atoms with Crippen molar-refractivity contribution in [2.45, 2.75) is 39.7 Å². The molecule has 0 fully saturated rings. The predicted octanol–water partition coefficient (Wildman–Crippen LogP) is 4.37. The SMILES string of the molecule is CCCC(C)Nc1c(C)cc(Br)cc1OC. The lowest BCUT2D eigenvalue weighted by Crippen LogP contribution is -2.16. The van der Waals surface area contributed by atoms with Crippen molar-refractivity contribution in [3.63, 3.8) is 0 Å². The molecule has 1 aromatic carbocycles. The molecular weight excluding hydrogens is 266 g/mol. The van der Waals surface area contributed by atoms with Crippen molar-refractivity contribution < 1.29 is 4.74 Å². The number of ether oxygens (including phenoxy) is 1. The van der Waals surface area contributed by atoms with Crippen molar-refractivity contribution in [3.05, 3.63) is 22.2 Å². The van der Waals surface area contributed by atoms with Crippen molar-refractivity contribution in [2.24, 2.45) is 0 Å². The fourth-order valence-corrected chi connectivity index (χ4v) is 2.36. The van der Waals surface area contributed by atoms with E-state index in [9.17, 15) is 0 Å². The van der Waals surface area contributed by atoms with Gasteiger partial charge >= 0.3 is 0 Å². The van der Waals surface area contributed by atoms with Gasteiger partial charge in [0.2, 0.25) is 0 Å². The maximum absolute atomic E-state index is 5.39. The van der Waals surface area contributed by atoms with Gasteiger partial charge in [0.05, 0.1) is 12.8 Å². The molecule has 0 saturated heterocycles. The second-order valence-corrected chi connectivity index (χ2v) is 5.05. The summed E-state index contributed by atoms with van der Waals surface area (Å²) in [5.74, 6) is 0.898. The summed E-state index contributed by atoms with van der Waals surface area (Å²) in [6, 6.07) is 4.57. The first kappa shape index (κ1) is 13.4. The highest BCUT2D eigenvalue weighted by Gasteiger charge is 2.10. The summed E-state index contributed by atoms with van der Waals surface area (Å²) < 4.78 is 6.44. The summed E-state index contributed by atoms with van der Waals surface area (Å²) in [7, 11) is 1.71. The van der Waals surface area contributed by atoms with Crippen molar-refractivity contribution in [1.29, 1.82) is 0 Å². The van der Waals surface area contributed by atoms with Gasteiger partial charge in [0.25, 0.3) is 0 Å². The molecule has 0 amide bonds. The standard InChI is InChI=1S/C13H20BrNO/c1-5-6-10(3)15-13-9(2)7-11(14)8-12(13)16-4/h7-8,10,15H,5-6H2,1-4H3. The Kier molecular flexibility index (Phi) is 5.13. The van der Waals surface area contributed by atoms with Crippen LogP contribution in [0.2, 0.25) is 0 Å².